The molecule has 10 heavy (non-hydrogen) atoms. The van der Waals surface area contributed by atoms with E-state index in [1.807, 2.05) is 6.20 Å². The molecule has 0 bridgehead atoms. The average molecular weight is 135 g/mol. The molecule has 1 saturated carbocycles. The van der Waals surface area contributed by atoms with Crippen molar-refractivity contribution in [1.29, 1.82) is 0 Å². The number of hydrogen-bond donors (Lipinski definition) is 1. The maximum absolute atomic E-state index is 3.24. The van der Waals surface area contributed by atoms with Crippen molar-refractivity contribution in [3.05, 3.63) is 24.0 Å². The van der Waals surface area contributed by atoms with E-state index in [1.165, 1.54) is 31.4 Å². The molecule has 1 aromatic heterocycles. The molecule has 0 spiro atoms. The summed E-state index contributed by atoms with van der Waals surface area (Å²) in [5, 5.41) is 0. The zero-order valence-electron chi connectivity index (χ0n) is 6.14. The molecular weight excluding hydrogens is 122 g/mol. The van der Waals surface area contributed by atoms with E-state index in [1.54, 1.807) is 0 Å². The Balaban J connectivity index is 1.90. The first-order chi connectivity index (χ1) is 4.95. The highest BCUT2D eigenvalue weighted by Gasteiger charge is 2.17. The van der Waals surface area contributed by atoms with Crippen LogP contribution in [0.5, 0.6) is 0 Å². The summed E-state index contributed by atoms with van der Waals surface area (Å²) in [5.74, 6) is 0.985. The second kappa shape index (κ2) is 2.49. The van der Waals surface area contributed by atoms with Crippen molar-refractivity contribution in [3.63, 3.8) is 0 Å². The average Bonchev–Trinajstić information content (AvgIpc) is 2.29. The van der Waals surface area contributed by atoms with Crippen LogP contribution in [0.2, 0.25) is 0 Å². The molecule has 0 atom stereocenters. The summed E-state index contributed by atoms with van der Waals surface area (Å²) in [7, 11) is 0. The van der Waals surface area contributed by atoms with E-state index in [4.69, 9.17) is 0 Å². The molecule has 1 fully saturated rings. The molecule has 1 aliphatic carbocycles. The maximum Gasteiger partial charge on any atom is 0.0149 e. The van der Waals surface area contributed by atoms with Crippen molar-refractivity contribution >= 4 is 0 Å². The number of nitrogens with one attached hydrogen (secondary N) is 1. The van der Waals surface area contributed by atoms with Crippen LogP contribution in [0.3, 0.4) is 0 Å². The Kier molecular flexibility index (Phi) is 1.50. The zero-order valence-corrected chi connectivity index (χ0v) is 6.14. The van der Waals surface area contributed by atoms with Crippen molar-refractivity contribution in [3.8, 4) is 0 Å². The number of rotatable bonds is 2. The van der Waals surface area contributed by atoms with E-state index < -0.39 is 0 Å². The quantitative estimate of drug-likeness (QED) is 0.640. The summed E-state index contributed by atoms with van der Waals surface area (Å²) < 4.78 is 0. The van der Waals surface area contributed by atoms with E-state index in [2.05, 4.69) is 17.1 Å². The first-order valence-electron chi connectivity index (χ1n) is 4.07. The number of aromatic nitrogens is 1. The molecule has 0 aliphatic heterocycles. The van der Waals surface area contributed by atoms with Crippen molar-refractivity contribution in [2.24, 2.45) is 5.92 Å². The van der Waals surface area contributed by atoms with Gasteiger partial charge in [0.1, 0.15) is 0 Å². The van der Waals surface area contributed by atoms with Gasteiger partial charge in [0, 0.05) is 11.9 Å². The van der Waals surface area contributed by atoms with Crippen LogP contribution in [0.1, 0.15) is 25.0 Å². The Morgan fingerprint density at radius 2 is 2.40 bits per heavy atom. The van der Waals surface area contributed by atoms with Gasteiger partial charge in [-0.15, -0.1) is 0 Å². The Morgan fingerprint density at radius 1 is 1.50 bits per heavy atom. The van der Waals surface area contributed by atoms with Gasteiger partial charge in [0.05, 0.1) is 0 Å². The largest absolute Gasteiger partial charge is 0.365 e. The van der Waals surface area contributed by atoms with Crippen LogP contribution >= 0.6 is 0 Å². The number of H-pyrrole nitrogens is 1. The van der Waals surface area contributed by atoms with Crippen molar-refractivity contribution in [2.75, 3.05) is 0 Å². The molecular formula is C9H13N. The predicted octanol–water partition coefficient (Wildman–Crippen LogP) is 2.36. The van der Waals surface area contributed by atoms with E-state index in [0.717, 1.165) is 5.92 Å². The normalized spacial score (nSPS) is 18.8. The van der Waals surface area contributed by atoms with Gasteiger partial charge in [0.15, 0.2) is 0 Å². The second-order valence-electron chi connectivity index (χ2n) is 3.20. The van der Waals surface area contributed by atoms with E-state index in [0.29, 0.717) is 0 Å². The van der Waals surface area contributed by atoms with Gasteiger partial charge < -0.3 is 4.98 Å². The summed E-state index contributed by atoms with van der Waals surface area (Å²) in [5.41, 5.74) is 1.41. The van der Waals surface area contributed by atoms with Gasteiger partial charge in [0.25, 0.3) is 0 Å². The van der Waals surface area contributed by atoms with Gasteiger partial charge in [-0.25, -0.2) is 0 Å². The predicted molar refractivity (Wildman–Crippen MR) is 41.8 cm³/mol. The lowest BCUT2D eigenvalue weighted by Crippen LogP contribution is -2.13. The van der Waals surface area contributed by atoms with Crippen LogP contribution in [0.4, 0.5) is 0 Å². The molecule has 1 aliphatic rings. The molecule has 0 saturated heterocycles. The molecule has 1 N–H and O–H groups in total. The van der Waals surface area contributed by atoms with Gasteiger partial charge in [-0.1, -0.05) is 19.3 Å². The molecule has 0 unspecified atom stereocenters. The van der Waals surface area contributed by atoms with Crippen LogP contribution < -0.4 is 0 Å². The number of aromatic amines is 1. The van der Waals surface area contributed by atoms with Crippen LogP contribution in [0.25, 0.3) is 0 Å². The monoisotopic (exact) mass is 135 g/mol. The fourth-order valence-corrected chi connectivity index (χ4v) is 1.50. The molecule has 2 rings (SSSR count). The first kappa shape index (κ1) is 6.02. The SMILES string of the molecule is c1c[nH]c(CC2CCC2)c1. The lowest BCUT2D eigenvalue weighted by atomic mass is 9.82. The van der Waals surface area contributed by atoms with Crippen molar-refractivity contribution < 1.29 is 0 Å². The van der Waals surface area contributed by atoms with Gasteiger partial charge in [0.2, 0.25) is 0 Å². The molecule has 1 heteroatoms. The van der Waals surface area contributed by atoms with E-state index >= 15 is 0 Å². The van der Waals surface area contributed by atoms with Crippen LogP contribution in [-0.2, 0) is 6.42 Å². The maximum atomic E-state index is 3.24. The summed E-state index contributed by atoms with van der Waals surface area (Å²) in [6.07, 6.45) is 7.62. The Morgan fingerprint density at radius 3 is 2.90 bits per heavy atom. The lowest BCUT2D eigenvalue weighted by molar-refractivity contribution is 0.312. The minimum atomic E-state index is 0.985. The standard InChI is InChI=1S/C9H13N/c1-3-8(4-1)7-9-5-2-6-10-9/h2,5-6,8,10H,1,3-4,7H2. The Hall–Kier alpha value is -0.720. The highest BCUT2D eigenvalue weighted by atomic mass is 14.7. The molecule has 0 radical (unpaired) electrons. The Bertz CT molecular complexity index is 185. The molecule has 1 aromatic rings. The summed E-state index contributed by atoms with van der Waals surface area (Å²) in [6, 6.07) is 4.26. The lowest BCUT2D eigenvalue weighted by Gasteiger charge is -2.24. The smallest absolute Gasteiger partial charge is 0.0149 e. The highest BCUT2D eigenvalue weighted by molar-refractivity contribution is 5.05. The summed E-state index contributed by atoms with van der Waals surface area (Å²) in [4.78, 5) is 3.24. The molecule has 1 nitrogen and oxygen atoms in total. The molecule has 1 heterocycles. The topological polar surface area (TPSA) is 15.8 Å². The van der Waals surface area contributed by atoms with Gasteiger partial charge >= 0.3 is 0 Å². The third-order valence-corrected chi connectivity index (χ3v) is 2.40. The highest BCUT2D eigenvalue weighted by Crippen LogP contribution is 2.28. The third kappa shape index (κ3) is 1.08. The van der Waals surface area contributed by atoms with Gasteiger partial charge in [-0.3, -0.25) is 0 Å². The van der Waals surface area contributed by atoms with Crippen LogP contribution in [0, 0.1) is 5.92 Å². The molecule has 0 amide bonds. The summed E-state index contributed by atoms with van der Waals surface area (Å²) in [6.45, 7) is 0. The van der Waals surface area contributed by atoms with Crippen molar-refractivity contribution in [1.82, 2.24) is 4.98 Å². The Labute approximate surface area is 61.5 Å². The van der Waals surface area contributed by atoms with Gasteiger partial charge in [-0.05, 0) is 24.5 Å². The molecule has 0 aromatic carbocycles. The fraction of sp³-hybridized carbons (Fsp3) is 0.556. The van der Waals surface area contributed by atoms with Crippen LogP contribution in [-0.4, -0.2) is 4.98 Å². The summed E-state index contributed by atoms with van der Waals surface area (Å²) >= 11 is 0. The fourth-order valence-electron chi connectivity index (χ4n) is 1.50. The minimum Gasteiger partial charge on any atom is -0.365 e. The van der Waals surface area contributed by atoms with Crippen molar-refractivity contribution in [2.45, 2.75) is 25.7 Å². The van der Waals surface area contributed by atoms with Crippen LogP contribution in [0.15, 0.2) is 18.3 Å². The molecule has 54 valence electrons. The van der Waals surface area contributed by atoms with Gasteiger partial charge in [-0.2, -0.15) is 0 Å². The zero-order chi connectivity index (χ0) is 6.81. The van der Waals surface area contributed by atoms with E-state index in [-0.39, 0.29) is 0 Å². The third-order valence-electron chi connectivity index (χ3n) is 2.40. The van der Waals surface area contributed by atoms with E-state index in [9.17, 15) is 0 Å². The second-order valence-corrected chi connectivity index (χ2v) is 3.20. The minimum absolute atomic E-state index is 0.985. The number of hydrogen-bond acceptors (Lipinski definition) is 0. The first-order valence-corrected chi connectivity index (χ1v) is 4.07.